The predicted molar refractivity (Wildman–Crippen MR) is 63.1 cm³/mol. The van der Waals surface area contributed by atoms with E-state index in [1.54, 1.807) is 18.3 Å². The van der Waals surface area contributed by atoms with Gasteiger partial charge in [0.2, 0.25) is 0 Å². The van der Waals surface area contributed by atoms with Gasteiger partial charge in [0.05, 0.1) is 0 Å². The lowest BCUT2D eigenvalue weighted by Gasteiger charge is -2.21. The number of aliphatic hydroxyl groups is 1. The zero-order valence-electron chi connectivity index (χ0n) is 9.95. The molecule has 4 nitrogen and oxygen atoms in total. The summed E-state index contributed by atoms with van der Waals surface area (Å²) in [7, 11) is 0. The molecule has 0 radical (unpaired) electrons. The first kappa shape index (κ1) is 12.6. The van der Waals surface area contributed by atoms with E-state index in [1.807, 2.05) is 13.8 Å². The Balaban J connectivity index is 2.71. The number of pyridine rings is 1. The van der Waals surface area contributed by atoms with Crippen molar-refractivity contribution in [1.82, 2.24) is 4.98 Å². The van der Waals surface area contributed by atoms with E-state index in [4.69, 9.17) is 0 Å². The van der Waals surface area contributed by atoms with Crippen molar-refractivity contribution in [2.45, 2.75) is 39.2 Å². The summed E-state index contributed by atoms with van der Waals surface area (Å²) in [6.45, 7) is 5.30. The number of hydrogen-bond acceptors (Lipinski definition) is 3. The van der Waals surface area contributed by atoms with Crippen LogP contribution in [-0.2, 0) is 4.79 Å². The summed E-state index contributed by atoms with van der Waals surface area (Å²) in [5, 5.41) is 12.6. The smallest absolute Gasteiger partial charge is 0.256 e. The molecule has 1 aromatic heterocycles. The van der Waals surface area contributed by atoms with Crippen molar-refractivity contribution < 1.29 is 9.90 Å². The highest BCUT2D eigenvalue weighted by atomic mass is 16.3. The maximum Gasteiger partial charge on any atom is 0.256 e. The van der Waals surface area contributed by atoms with E-state index in [2.05, 4.69) is 10.3 Å². The molecular formula is C12H18N2O2. The largest absolute Gasteiger partial charge is 0.380 e. The lowest BCUT2D eigenvalue weighted by atomic mass is 10.00. The van der Waals surface area contributed by atoms with Crippen LogP contribution in [0.5, 0.6) is 0 Å². The fraction of sp³-hybridized carbons (Fsp3) is 0.500. The predicted octanol–water partition coefficient (Wildman–Crippen LogP) is 1.88. The van der Waals surface area contributed by atoms with Gasteiger partial charge < -0.3 is 10.4 Å². The SMILES string of the molecule is CCCC(C)(O)C(=O)Nc1ccnc(C)c1. The van der Waals surface area contributed by atoms with Crippen molar-refractivity contribution in [3.05, 3.63) is 24.0 Å². The zero-order chi connectivity index (χ0) is 12.2. The number of aromatic nitrogens is 1. The van der Waals surface area contributed by atoms with Crippen molar-refractivity contribution in [3.8, 4) is 0 Å². The van der Waals surface area contributed by atoms with Gasteiger partial charge in [0, 0.05) is 17.6 Å². The van der Waals surface area contributed by atoms with E-state index in [9.17, 15) is 9.90 Å². The highest BCUT2D eigenvalue weighted by Gasteiger charge is 2.28. The summed E-state index contributed by atoms with van der Waals surface area (Å²) in [6.07, 6.45) is 2.83. The molecule has 88 valence electrons. The number of nitrogens with zero attached hydrogens (tertiary/aromatic N) is 1. The average Bonchev–Trinajstić information content (AvgIpc) is 2.17. The Labute approximate surface area is 95.7 Å². The Morgan fingerprint density at radius 3 is 2.88 bits per heavy atom. The van der Waals surface area contributed by atoms with Crippen molar-refractivity contribution in [3.63, 3.8) is 0 Å². The fourth-order valence-corrected chi connectivity index (χ4v) is 1.49. The molecule has 0 aliphatic rings. The Hall–Kier alpha value is -1.42. The van der Waals surface area contributed by atoms with Gasteiger partial charge in [-0.2, -0.15) is 0 Å². The first-order chi connectivity index (χ1) is 7.45. The van der Waals surface area contributed by atoms with E-state index in [1.165, 1.54) is 6.92 Å². The monoisotopic (exact) mass is 222 g/mol. The number of carbonyl (C=O) groups excluding carboxylic acids is 1. The molecule has 0 aromatic carbocycles. The Bertz CT molecular complexity index is 375. The highest BCUT2D eigenvalue weighted by molar-refractivity contribution is 5.96. The summed E-state index contributed by atoms with van der Waals surface area (Å²) < 4.78 is 0. The zero-order valence-corrected chi connectivity index (χ0v) is 9.95. The van der Waals surface area contributed by atoms with Crippen LogP contribution in [0.15, 0.2) is 18.3 Å². The van der Waals surface area contributed by atoms with Crippen molar-refractivity contribution in [2.24, 2.45) is 0 Å². The second-order valence-electron chi connectivity index (χ2n) is 4.16. The van der Waals surface area contributed by atoms with Gasteiger partial charge in [-0.15, -0.1) is 0 Å². The third kappa shape index (κ3) is 3.31. The summed E-state index contributed by atoms with van der Waals surface area (Å²) in [6, 6.07) is 3.47. The van der Waals surface area contributed by atoms with Gasteiger partial charge >= 0.3 is 0 Å². The first-order valence-corrected chi connectivity index (χ1v) is 5.42. The minimum absolute atomic E-state index is 0.375. The number of anilines is 1. The minimum atomic E-state index is -1.31. The number of rotatable bonds is 4. The van der Waals surface area contributed by atoms with Gasteiger partial charge in [0.25, 0.3) is 5.91 Å². The quantitative estimate of drug-likeness (QED) is 0.817. The van der Waals surface area contributed by atoms with Gasteiger partial charge in [-0.3, -0.25) is 9.78 Å². The van der Waals surface area contributed by atoms with Crippen LogP contribution in [0.25, 0.3) is 0 Å². The van der Waals surface area contributed by atoms with Crippen LogP contribution in [0.2, 0.25) is 0 Å². The van der Waals surface area contributed by atoms with Gasteiger partial charge in [-0.25, -0.2) is 0 Å². The molecular weight excluding hydrogens is 204 g/mol. The van der Waals surface area contributed by atoms with Gasteiger partial charge in [0.15, 0.2) is 0 Å². The molecule has 4 heteroatoms. The van der Waals surface area contributed by atoms with E-state index >= 15 is 0 Å². The molecule has 0 bridgehead atoms. The Morgan fingerprint density at radius 2 is 2.31 bits per heavy atom. The fourth-order valence-electron chi connectivity index (χ4n) is 1.49. The lowest BCUT2D eigenvalue weighted by molar-refractivity contribution is -0.133. The summed E-state index contributed by atoms with van der Waals surface area (Å²) in [5.41, 5.74) is 0.174. The maximum atomic E-state index is 11.8. The van der Waals surface area contributed by atoms with Crippen LogP contribution in [0.1, 0.15) is 32.4 Å². The van der Waals surface area contributed by atoms with Gasteiger partial charge in [-0.05, 0) is 32.4 Å². The molecule has 1 rings (SSSR count). The Morgan fingerprint density at radius 1 is 1.62 bits per heavy atom. The summed E-state index contributed by atoms with van der Waals surface area (Å²) in [5.74, 6) is -0.375. The molecule has 2 N–H and O–H groups in total. The maximum absolute atomic E-state index is 11.8. The standard InChI is InChI=1S/C12H18N2O2/c1-4-6-12(3,16)11(15)14-10-5-7-13-9(2)8-10/h5,7-8,16H,4,6H2,1-3H3,(H,13,14,15). The molecule has 1 atom stereocenters. The molecule has 0 saturated carbocycles. The number of carbonyl (C=O) groups is 1. The van der Waals surface area contributed by atoms with Crippen molar-refractivity contribution in [1.29, 1.82) is 0 Å². The number of hydrogen-bond donors (Lipinski definition) is 2. The summed E-state index contributed by atoms with van der Waals surface area (Å²) >= 11 is 0. The molecule has 0 spiro atoms. The van der Waals surface area contributed by atoms with E-state index < -0.39 is 5.60 Å². The van der Waals surface area contributed by atoms with Crippen molar-refractivity contribution >= 4 is 11.6 Å². The van der Waals surface area contributed by atoms with E-state index in [0.717, 1.165) is 12.1 Å². The van der Waals surface area contributed by atoms with Gasteiger partial charge in [0.1, 0.15) is 5.60 Å². The van der Waals surface area contributed by atoms with Crippen LogP contribution < -0.4 is 5.32 Å². The van der Waals surface area contributed by atoms with Crippen LogP contribution in [0, 0.1) is 6.92 Å². The normalized spacial score (nSPS) is 14.2. The topological polar surface area (TPSA) is 62.2 Å². The highest BCUT2D eigenvalue weighted by Crippen LogP contribution is 2.15. The van der Waals surface area contributed by atoms with Crippen LogP contribution >= 0.6 is 0 Å². The molecule has 1 heterocycles. The minimum Gasteiger partial charge on any atom is -0.380 e. The van der Waals surface area contributed by atoms with Crippen LogP contribution in [-0.4, -0.2) is 21.6 Å². The van der Waals surface area contributed by atoms with Gasteiger partial charge in [-0.1, -0.05) is 13.3 Å². The average molecular weight is 222 g/mol. The van der Waals surface area contributed by atoms with E-state index in [0.29, 0.717) is 12.1 Å². The second kappa shape index (κ2) is 5.07. The Kier molecular flexibility index (Phi) is 4.01. The molecule has 1 aromatic rings. The molecule has 1 unspecified atom stereocenters. The number of aryl methyl sites for hydroxylation is 1. The van der Waals surface area contributed by atoms with Crippen LogP contribution in [0.3, 0.4) is 0 Å². The third-order valence-corrected chi connectivity index (χ3v) is 2.38. The summed E-state index contributed by atoms with van der Waals surface area (Å²) in [4.78, 5) is 15.8. The third-order valence-electron chi connectivity index (χ3n) is 2.38. The molecule has 1 amide bonds. The van der Waals surface area contributed by atoms with Crippen LogP contribution in [0.4, 0.5) is 5.69 Å². The van der Waals surface area contributed by atoms with E-state index in [-0.39, 0.29) is 5.91 Å². The number of nitrogens with one attached hydrogen (secondary N) is 1. The molecule has 0 aliphatic heterocycles. The molecule has 0 saturated heterocycles. The first-order valence-electron chi connectivity index (χ1n) is 5.42. The molecule has 0 fully saturated rings. The second-order valence-corrected chi connectivity index (χ2v) is 4.16. The molecule has 0 aliphatic carbocycles. The molecule has 16 heavy (non-hydrogen) atoms. The lowest BCUT2D eigenvalue weighted by Crippen LogP contribution is -2.39. The number of amides is 1. The van der Waals surface area contributed by atoms with Crippen molar-refractivity contribution in [2.75, 3.05) is 5.32 Å².